The summed E-state index contributed by atoms with van der Waals surface area (Å²) in [5.41, 5.74) is 7.76. The number of rotatable bonds is 17. The van der Waals surface area contributed by atoms with Crippen LogP contribution in [0.25, 0.3) is 10.4 Å². The molecule has 1 aliphatic rings. The van der Waals surface area contributed by atoms with Crippen LogP contribution in [0, 0.1) is 11.3 Å². The lowest BCUT2D eigenvalue weighted by atomic mass is 9.89. The van der Waals surface area contributed by atoms with Gasteiger partial charge in [-0.15, -0.1) is 11.3 Å². The molecule has 0 bridgehead atoms. The van der Waals surface area contributed by atoms with Gasteiger partial charge in [-0.25, -0.2) is 0 Å². The highest BCUT2D eigenvalue weighted by Crippen LogP contribution is 2.40. The lowest BCUT2D eigenvalue weighted by Crippen LogP contribution is -2.58. The fraction of sp³-hybridized carbons (Fsp3) is 0.212. The molecule has 0 saturated carbocycles. The third kappa shape index (κ3) is 10.9. The minimum atomic E-state index is -0.574. The smallest absolute Gasteiger partial charge is 0.117 e. The Morgan fingerprint density at radius 3 is 1.73 bits per heavy atom. The van der Waals surface area contributed by atoms with Crippen LogP contribution >= 0.6 is 22.9 Å². The molecular weight excluding hydrogens is 786 g/mol. The highest BCUT2D eigenvalue weighted by Gasteiger charge is 2.49. The van der Waals surface area contributed by atoms with Crippen molar-refractivity contribution in [3.63, 3.8) is 0 Å². The molecule has 6 nitrogen and oxygen atoms in total. The monoisotopic (exact) mass is 831 g/mol. The van der Waals surface area contributed by atoms with Crippen molar-refractivity contribution in [1.82, 2.24) is 0 Å². The van der Waals surface area contributed by atoms with Gasteiger partial charge in [-0.05, 0) is 69.3 Å². The van der Waals surface area contributed by atoms with Gasteiger partial charge in [0.15, 0.2) is 0 Å². The molecule has 0 unspecified atom stereocenters. The first-order chi connectivity index (χ1) is 29.6. The number of halogens is 1. The van der Waals surface area contributed by atoms with E-state index in [9.17, 15) is 5.26 Å². The molecule has 1 aliphatic heterocycles. The van der Waals surface area contributed by atoms with Gasteiger partial charge in [-0.3, -0.25) is 0 Å². The molecule has 1 fully saturated rings. The second kappa shape index (κ2) is 20.7. The van der Waals surface area contributed by atoms with Gasteiger partial charge in [-0.1, -0.05) is 157 Å². The zero-order valence-electron chi connectivity index (χ0n) is 33.1. The Kier molecular flexibility index (Phi) is 14.3. The molecule has 8 heteroatoms. The summed E-state index contributed by atoms with van der Waals surface area (Å²) in [4.78, 5) is 2.25. The van der Waals surface area contributed by atoms with Crippen LogP contribution in [0.5, 0.6) is 0 Å². The van der Waals surface area contributed by atoms with Crippen LogP contribution in [0.15, 0.2) is 176 Å². The standard InChI is InChI=1S/C52H46ClNO5S/c53-46-26-24-43(29-44(46)30-45-25-27-48(60-45)42-23-13-22-41(28-42)31-54)49-51(57-34-39-18-9-3-10-19-39)52(58-35-40-20-11-4-12-21-40)50(56-33-38-16-7-2-8-17-38)47(59-49)36-55-32-37-14-5-1-6-15-37/h1-29,47,49-52H,30,32-36H2/t47-,49+,50-,51+,52+/m1/s1. The van der Waals surface area contributed by atoms with Crippen molar-refractivity contribution in [3.8, 4) is 16.5 Å². The van der Waals surface area contributed by atoms with Gasteiger partial charge < -0.3 is 23.7 Å². The van der Waals surface area contributed by atoms with E-state index in [2.05, 4.69) is 72.8 Å². The fourth-order valence-corrected chi connectivity index (χ4v) is 8.73. The second-order valence-electron chi connectivity index (χ2n) is 14.9. The predicted octanol–water partition coefficient (Wildman–Crippen LogP) is 11.9. The molecule has 60 heavy (non-hydrogen) atoms. The highest BCUT2D eigenvalue weighted by atomic mass is 35.5. The van der Waals surface area contributed by atoms with Crippen LogP contribution in [0.4, 0.5) is 0 Å². The van der Waals surface area contributed by atoms with E-state index in [-0.39, 0.29) is 6.61 Å². The Balaban J connectivity index is 1.14. The van der Waals surface area contributed by atoms with Crippen molar-refractivity contribution in [2.45, 2.75) is 63.4 Å². The summed E-state index contributed by atoms with van der Waals surface area (Å²) in [6.07, 6.45) is -2.11. The number of hydrogen-bond donors (Lipinski definition) is 0. The fourth-order valence-electron chi connectivity index (χ4n) is 7.52. The number of thiophene rings is 1. The molecule has 1 aromatic heterocycles. The third-order valence-corrected chi connectivity index (χ3v) is 12.1. The van der Waals surface area contributed by atoms with Gasteiger partial charge in [0.25, 0.3) is 0 Å². The topological polar surface area (TPSA) is 69.9 Å². The maximum atomic E-state index is 9.47. The van der Waals surface area contributed by atoms with E-state index in [0.29, 0.717) is 43.4 Å². The first-order valence-corrected chi connectivity index (χ1v) is 21.4. The average Bonchev–Trinajstić information content (AvgIpc) is 3.78. The summed E-state index contributed by atoms with van der Waals surface area (Å²) in [7, 11) is 0. The van der Waals surface area contributed by atoms with E-state index in [4.69, 9.17) is 35.3 Å². The Morgan fingerprint density at radius 1 is 0.567 bits per heavy atom. The molecule has 0 N–H and O–H groups in total. The van der Waals surface area contributed by atoms with Crippen LogP contribution in [-0.2, 0) is 56.5 Å². The molecule has 6 aromatic carbocycles. The number of benzene rings is 6. The predicted molar refractivity (Wildman–Crippen MR) is 237 cm³/mol. The molecule has 0 aliphatic carbocycles. The maximum Gasteiger partial charge on any atom is 0.117 e. The minimum absolute atomic E-state index is 0.271. The van der Waals surface area contributed by atoms with Crippen molar-refractivity contribution >= 4 is 22.9 Å². The Morgan fingerprint density at radius 2 is 1.13 bits per heavy atom. The van der Waals surface area contributed by atoms with Gasteiger partial charge in [0.1, 0.15) is 30.5 Å². The molecule has 302 valence electrons. The first kappa shape index (κ1) is 41.3. The largest absolute Gasteiger partial charge is 0.374 e. The zero-order valence-corrected chi connectivity index (χ0v) is 34.7. The minimum Gasteiger partial charge on any atom is -0.374 e. The van der Waals surface area contributed by atoms with Crippen LogP contribution < -0.4 is 0 Å². The normalized spacial score (nSPS) is 18.8. The zero-order chi connectivity index (χ0) is 40.9. The van der Waals surface area contributed by atoms with Gasteiger partial charge in [-0.2, -0.15) is 5.26 Å². The van der Waals surface area contributed by atoms with Crippen molar-refractivity contribution in [2.24, 2.45) is 0 Å². The number of hydrogen-bond acceptors (Lipinski definition) is 7. The highest BCUT2D eigenvalue weighted by molar-refractivity contribution is 7.15. The molecule has 0 amide bonds. The molecule has 5 atom stereocenters. The summed E-state index contributed by atoms with van der Waals surface area (Å²) >= 11 is 8.68. The van der Waals surface area contributed by atoms with Crippen LogP contribution in [0.1, 0.15) is 49.9 Å². The maximum absolute atomic E-state index is 9.47. The van der Waals surface area contributed by atoms with Crippen LogP contribution in [0.2, 0.25) is 5.02 Å². The SMILES string of the molecule is N#Cc1cccc(-c2ccc(Cc3cc([C@@H]4O[C@H](COCc5ccccc5)[C@@H](OCc5ccccc5)[C@H](OCc5ccccc5)[C@H]4OCc4ccccc4)ccc3Cl)s2)c1. The summed E-state index contributed by atoms with van der Waals surface area (Å²) in [5.74, 6) is 0. The molecule has 0 radical (unpaired) electrons. The molecule has 2 heterocycles. The van der Waals surface area contributed by atoms with Crippen LogP contribution in [-0.4, -0.2) is 31.0 Å². The number of nitrogens with zero attached hydrogens (tertiary/aromatic N) is 1. The van der Waals surface area contributed by atoms with E-state index in [1.807, 2.05) is 109 Å². The quantitative estimate of drug-likeness (QED) is 0.0910. The van der Waals surface area contributed by atoms with Crippen molar-refractivity contribution in [1.29, 1.82) is 5.26 Å². The lowest BCUT2D eigenvalue weighted by molar-refractivity contribution is -0.275. The molecule has 1 saturated heterocycles. The average molecular weight is 832 g/mol. The van der Waals surface area contributed by atoms with E-state index < -0.39 is 30.5 Å². The molecule has 7 aromatic rings. The number of ether oxygens (including phenoxy) is 5. The number of nitriles is 1. The van der Waals surface area contributed by atoms with Crippen molar-refractivity contribution < 1.29 is 23.7 Å². The summed E-state index contributed by atoms with van der Waals surface area (Å²) in [6, 6.07) is 61.0. The summed E-state index contributed by atoms with van der Waals surface area (Å²) in [6.45, 7) is 1.76. The van der Waals surface area contributed by atoms with Crippen molar-refractivity contribution in [2.75, 3.05) is 6.61 Å². The molecule has 8 rings (SSSR count). The van der Waals surface area contributed by atoms with Crippen molar-refractivity contribution in [3.05, 3.63) is 225 Å². The molecule has 0 spiro atoms. The van der Waals surface area contributed by atoms with Gasteiger partial charge in [0.05, 0.1) is 44.7 Å². The lowest BCUT2D eigenvalue weighted by Gasteiger charge is -2.46. The van der Waals surface area contributed by atoms with E-state index >= 15 is 0 Å². The van der Waals surface area contributed by atoms with E-state index in [0.717, 1.165) is 48.7 Å². The first-order valence-electron chi connectivity index (χ1n) is 20.2. The summed E-state index contributed by atoms with van der Waals surface area (Å²) in [5, 5.41) is 10.1. The van der Waals surface area contributed by atoms with E-state index in [1.54, 1.807) is 11.3 Å². The van der Waals surface area contributed by atoms with E-state index in [1.165, 1.54) is 0 Å². The summed E-state index contributed by atoms with van der Waals surface area (Å²) < 4.78 is 34.5. The van der Waals surface area contributed by atoms with Crippen LogP contribution in [0.3, 0.4) is 0 Å². The second-order valence-corrected chi connectivity index (χ2v) is 16.4. The Labute approximate surface area is 361 Å². The van der Waals surface area contributed by atoms with Gasteiger partial charge in [0.2, 0.25) is 0 Å². The third-order valence-electron chi connectivity index (χ3n) is 10.6. The Bertz CT molecular complexity index is 2440. The molecular formula is C52H46ClNO5S. The van der Waals surface area contributed by atoms with Gasteiger partial charge >= 0.3 is 0 Å². The van der Waals surface area contributed by atoms with Gasteiger partial charge in [0, 0.05) is 21.2 Å². The Hall–Kier alpha value is -5.40.